The lowest BCUT2D eigenvalue weighted by Gasteiger charge is -2.34. The molecule has 2 atom stereocenters. The fraction of sp³-hybridized carbons (Fsp3) is 0.438. The Morgan fingerprint density at radius 3 is 2.75 bits per heavy atom. The number of benzene rings is 1. The first-order chi connectivity index (χ1) is 9.83. The minimum Gasteiger partial charge on any atom is -0.496 e. The van der Waals surface area contributed by atoms with Gasteiger partial charge < -0.3 is 14.4 Å². The van der Waals surface area contributed by atoms with Crippen LogP contribution in [0.5, 0.6) is 5.75 Å². The minimum atomic E-state index is 0.403. The first-order valence-electron chi connectivity index (χ1n) is 7.16. The molecule has 2 aliphatic rings. The van der Waals surface area contributed by atoms with Gasteiger partial charge in [-0.1, -0.05) is 0 Å². The number of hydrogen-bond acceptors (Lipinski definition) is 4. The van der Waals surface area contributed by atoms with E-state index in [1.807, 2.05) is 6.07 Å². The highest BCUT2D eigenvalue weighted by molar-refractivity contribution is 5.88. The number of anilines is 1. The molecule has 2 bridgehead atoms. The van der Waals surface area contributed by atoms with E-state index in [0.717, 1.165) is 29.7 Å². The van der Waals surface area contributed by atoms with Crippen molar-refractivity contribution in [1.29, 1.82) is 0 Å². The normalized spacial score (nSPS) is 25.1. The average molecular weight is 270 g/mol. The zero-order valence-corrected chi connectivity index (χ0v) is 11.6. The van der Waals surface area contributed by atoms with Gasteiger partial charge in [-0.05, 0) is 37.1 Å². The van der Waals surface area contributed by atoms with E-state index in [1.54, 1.807) is 13.3 Å². The van der Waals surface area contributed by atoms with E-state index in [2.05, 4.69) is 28.1 Å². The number of aromatic nitrogens is 1. The molecule has 20 heavy (non-hydrogen) atoms. The zero-order chi connectivity index (χ0) is 13.5. The van der Waals surface area contributed by atoms with Crippen molar-refractivity contribution < 1.29 is 9.47 Å². The molecule has 0 amide bonds. The van der Waals surface area contributed by atoms with Crippen molar-refractivity contribution in [3.8, 4) is 5.75 Å². The summed E-state index contributed by atoms with van der Waals surface area (Å²) in [5.74, 6) is 0.882. The lowest BCUT2D eigenvalue weighted by molar-refractivity contribution is 0.0305. The highest BCUT2D eigenvalue weighted by Crippen LogP contribution is 2.32. The van der Waals surface area contributed by atoms with Gasteiger partial charge in [0.15, 0.2) is 0 Å². The van der Waals surface area contributed by atoms with Crippen LogP contribution in [0.2, 0.25) is 0 Å². The van der Waals surface area contributed by atoms with Gasteiger partial charge in [-0.3, -0.25) is 4.98 Å². The van der Waals surface area contributed by atoms with Gasteiger partial charge in [0.05, 0.1) is 24.8 Å². The summed E-state index contributed by atoms with van der Waals surface area (Å²) < 4.78 is 11.3. The van der Waals surface area contributed by atoms with E-state index in [0.29, 0.717) is 12.2 Å². The van der Waals surface area contributed by atoms with Crippen LogP contribution in [0.3, 0.4) is 0 Å². The van der Waals surface area contributed by atoms with Gasteiger partial charge in [0, 0.05) is 30.4 Å². The molecule has 2 aromatic rings. The van der Waals surface area contributed by atoms with E-state index < -0.39 is 0 Å². The molecule has 2 saturated heterocycles. The Balaban J connectivity index is 1.73. The van der Waals surface area contributed by atoms with E-state index in [-0.39, 0.29) is 0 Å². The minimum absolute atomic E-state index is 0.403. The van der Waals surface area contributed by atoms with Crippen molar-refractivity contribution in [2.45, 2.75) is 25.0 Å². The first kappa shape index (κ1) is 12.0. The Bertz CT molecular complexity index is 631. The second-order valence-electron chi connectivity index (χ2n) is 5.58. The predicted molar refractivity (Wildman–Crippen MR) is 78.4 cm³/mol. The maximum atomic E-state index is 5.90. The van der Waals surface area contributed by atoms with E-state index in [9.17, 15) is 0 Å². The Morgan fingerprint density at radius 2 is 2.00 bits per heavy atom. The van der Waals surface area contributed by atoms with Gasteiger partial charge in [-0.15, -0.1) is 0 Å². The van der Waals surface area contributed by atoms with Crippen LogP contribution >= 0.6 is 0 Å². The maximum Gasteiger partial charge on any atom is 0.129 e. The smallest absolute Gasteiger partial charge is 0.129 e. The molecule has 104 valence electrons. The summed E-state index contributed by atoms with van der Waals surface area (Å²) >= 11 is 0. The molecule has 0 aliphatic carbocycles. The van der Waals surface area contributed by atoms with E-state index in [1.165, 1.54) is 18.5 Å². The van der Waals surface area contributed by atoms with Crippen LogP contribution in [0.1, 0.15) is 12.8 Å². The largest absolute Gasteiger partial charge is 0.496 e. The number of rotatable bonds is 2. The monoisotopic (exact) mass is 270 g/mol. The number of pyridine rings is 1. The van der Waals surface area contributed by atoms with Crippen LogP contribution in [-0.4, -0.2) is 37.4 Å². The molecule has 4 nitrogen and oxygen atoms in total. The summed E-state index contributed by atoms with van der Waals surface area (Å²) in [7, 11) is 1.70. The summed E-state index contributed by atoms with van der Waals surface area (Å²) in [6.45, 7) is 1.98. The van der Waals surface area contributed by atoms with Crippen LogP contribution in [-0.2, 0) is 4.74 Å². The van der Waals surface area contributed by atoms with Crippen LogP contribution in [0, 0.1) is 0 Å². The summed E-state index contributed by atoms with van der Waals surface area (Å²) in [6.07, 6.45) is 4.98. The number of morpholine rings is 1. The second-order valence-corrected chi connectivity index (χ2v) is 5.58. The number of methoxy groups -OCH3 is 1. The SMILES string of the molecule is COc1ccnc2ccc(N3CC4CCC(C3)O4)cc12. The van der Waals surface area contributed by atoms with Crippen molar-refractivity contribution in [2.75, 3.05) is 25.1 Å². The highest BCUT2D eigenvalue weighted by Gasteiger charge is 2.33. The van der Waals surface area contributed by atoms with Gasteiger partial charge >= 0.3 is 0 Å². The number of ether oxygens (including phenoxy) is 2. The van der Waals surface area contributed by atoms with E-state index >= 15 is 0 Å². The van der Waals surface area contributed by atoms with Gasteiger partial charge in [0.2, 0.25) is 0 Å². The molecule has 2 unspecified atom stereocenters. The Hall–Kier alpha value is -1.81. The molecule has 0 N–H and O–H groups in total. The maximum absolute atomic E-state index is 5.90. The average Bonchev–Trinajstić information content (AvgIpc) is 2.84. The van der Waals surface area contributed by atoms with Crippen molar-refractivity contribution >= 4 is 16.6 Å². The predicted octanol–water partition coefficient (Wildman–Crippen LogP) is 2.61. The molecule has 1 aromatic heterocycles. The summed E-state index contributed by atoms with van der Waals surface area (Å²) in [4.78, 5) is 6.82. The molecule has 3 heterocycles. The standard InChI is InChI=1S/C16H18N2O2/c1-19-16-6-7-17-15-5-2-11(8-14(15)16)18-9-12-3-4-13(10-18)20-12/h2,5-8,12-13H,3-4,9-10H2,1H3. The molecular formula is C16H18N2O2. The van der Waals surface area contributed by atoms with Gasteiger partial charge in [0.25, 0.3) is 0 Å². The third kappa shape index (κ3) is 1.91. The Labute approximate surface area is 118 Å². The number of hydrogen-bond donors (Lipinski definition) is 0. The topological polar surface area (TPSA) is 34.6 Å². The van der Waals surface area contributed by atoms with E-state index in [4.69, 9.17) is 9.47 Å². The fourth-order valence-electron chi connectivity index (χ4n) is 3.31. The third-order valence-corrected chi connectivity index (χ3v) is 4.31. The van der Waals surface area contributed by atoms with Crippen molar-refractivity contribution in [1.82, 2.24) is 4.98 Å². The highest BCUT2D eigenvalue weighted by atomic mass is 16.5. The number of fused-ring (bicyclic) bond motifs is 3. The Kier molecular flexibility index (Phi) is 2.77. The first-order valence-corrected chi connectivity index (χ1v) is 7.16. The molecule has 0 radical (unpaired) electrons. The summed E-state index contributed by atoms with van der Waals surface area (Å²) in [6, 6.07) is 8.32. The van der Waals surface area contributed by atoms with Crippen LogP contribution < -0.4 is 9.64 Å². The van der Waals surface area contributed by atoms with Crippen molar-refractivity contribution in [3.05, 3.63) is 30.5 Å². The van der Waals surface area contributed by atoms with Gasteiger partial charge in [0.1, 0.15) is 5.75 Å². The molecule has 4 rings (SSSR count). The molecule has 0 saturated carbocycles. The fourth-order valence-corrected chi connectivity index (χ4v) is 3.31. The second kappa shape index (κ2) is 4.63. The molecular weight excluding hydrogens is 252 g/mol. The molecule has 2 aliphatic heterocycles. The van der Waals surface area contributed by atoms with Crippen molar-refractivity contribution in [3.63, 3.8) is 0 Å². The zero-order valence-electron chi connectivity index (χ0n) is 11.6. The van der Waals surface area contributed by atoms with Gasteiger partial charge in [-0.2, -0.15) is 0 Å². The molecule has 4 heteroatoms. The summed E-state index contributed by atoms with van der Waals surface area (Å²) in [5.41, 5.74) is 2.22. The van der Waals surface area contributed by atoms with Crippen LogP contribution in [0.25, 0.3) is 10.9 Å². The quantitative estimate of drug-likeness (QED) is 0.840. The van der Waals surface area contributed by atoms with Crippen molar-refractivity contribution in [2.24, 2.45) is 0 Å². The number of nitrogens with zero attached hydrogens (tertiary/aromatic N) is 2. The third-order valence-electron chi connectivity index (χ3n) is 4.31. The van der Waals surface area contributed by atoms with Crippen LogP contribution in [0.4, 0.5) is 5.69 Å². The molecule has 1 aromatic carbocycles. The summed E-state index contributed by atoms with van der Waals surface area (Å²) in [5, 5.41) is 1.08. The van der Waals surface area contributed by atoms with Crippen LogP contribution in [0.15, 0.2) is 30.5 Å². The lowest BCUT2D eigenvalue weighted by Crippen LogP contribution is -2.42. The lowest BCUT2D eigenvalue weighted by atomic mass is 10.1. The molecule has 0 spiro atoms. The molecule has 2 fully saturated rings. The van der Waals surface area contributed by atoms with Gasteiger partial charge in [-0.25, -0.2) is 0 Å². The Morgan fingerprint density at radius 1 is 1.20 bits per heavy atom.